The van der Waals surface area contributed by atoms with E-state index in [1.54, 1.807) is 60.7 Å². The third kappa shape index (κ3) is 4.53. The van der Waals surface area contributed by atoms with Crippen molar-refractivity contribution in [3.05, 3.63) is 95.8 Å². The van der Waals surface area contributed by atoms with Crippen molar-refractivity contribution in [1.82, 2.24) is 4.98 Å². The van der Waals surface area contributed by atoms with Crippen molar-refractivity contribution in [3.8, 4) is 11.8 Å². The van der Waals surface area contributed by atoms with Crippen LogP contribution in [0.3, 0.4) is 0 Å². The summed E-state index contributed by atoms with van der Waals surface area (Å²) in [6.07, 6.45) is 1.18. The van der Waals surface area contributed by atoms with Gasteiger partial charge in [-0.15, -0.1) is 0 Å². The smallest absolute Gasteiger partial charge is 0.373 e. The normalized spacial score (nSPS) is 13.7. The van der Waals surface area contributed by atoms with Gasteiger partial charge >= 0.3 is 5.51 Å². The lowest BCUT2D eigenvalue weighted by atomic mass is 9.87. The number of rotatable bonds is 4. The first kappa shape index (κ1) is 21.6. The van der Waals surface area contributed by atoms with Crippen molar-refractivity contribution in [2.75, 3.05) is 0 Å². The molecule has 0 amide bonds. The Kier molecular flexibility index (Phi) is 5.97. The number of nitrogens with zero attached hydrogens (tertiary/aromatic N) is 1. The fraction of sp³-hybridized carbons (Fsp3) is 0.136. The van der Waals surface area contributed by atoms with Crippen LogP contribution in [-0.2, 0) is 21.9 Å². The minimum Gasteiger partial charge on any atom is -0.373 e. The van der Waals surface area contributed by atoms with Crippen LogP contribution in [0.4, 0.5) is 13.2 Å². The lowest BCUT2D eigenvalue weighted by Crippen LogP contribution is -2.27. The van der Waals surface area contributed by atoms with Crippen LogP contribution in [0.15, 0.2) is 83.9 Å². The molecule has 1 heterocycles. The van der Waals surface area contributed by atoms with Crippen LogP contribution in [0.1, 0.15) is 16.8 Å². The van der Waals surface area contributed by atoms with E-state index in [-0.39, 0.29) is 6.42 Å². The first-order valence-corrected chi connectivity index (χ1v) is 10.2. The van der Waals surface area contributed by atoms with Gasteiger partial charge in [-0.2, -0.15) is 13.2 Å². The lowest BCUT2D eigenvalue weighted by molar-refractivity contribution is -0.0436. The predicted molar refractivity (Wildman–Crippen MR) is 105 cm³/mol. The molecule has 0 aliphatic carbocycles. The largest absolute Gasteiger partial charge is 0.502 e. The van der Waals surface area contributed by atoms with Crippen molar-refractivity contribution in [1.29, 1.82) is 0 Å². The number of hydrogen-bond donors (Lipinski definition) is 1. The molecule has 0 saturated heterocycles. The molecular weight excluding hydrogens is 415 g/mol. The van der Waals surface area contributed by atoms with Gasteiger partial charge in [0.05, 0.1) is 0 Å². The highest BCUT2D eigenvalue weighted by Gasteiger charge is 2.48. The number of hydrogen-bond acceptors (Lipinski definition) is 4. The van der Waals surface area contributed by atoms with Crippen molar-refractivity contribution >= 4 is 9.84 Å². The number of alkyl halides is 3. The minimum atomic E-state index is -5.64. The fourth-order valence-electron chi connectivity index (χ4n) is 2.81. The van der Waals surface area contributed by atoms with Crippen molar-refractivity contribution in [2.45, 2.75) is 22.4 Å². The topological polar surface area (TPSA) is 67.3 Å². The first-order chi connectivity index (χ1) is 14.1. The summed E-state index contributed by atoms with van der Waals surface area (Å²) >= 11 is 0. The molecule has 1 unspecified atom stereocenters. The zero-order valence-electron chi connectivity index (χ0n) is 15.5. The van der Waals surface area contributed by atoms with Crippen molar-refractivity contribution in [2.24, 2.45) is 0 Å². The van der Waals surface area contributed by atoms with E-state index in [1.165, 1.54) is 0 Å². The van der Waals surface area contributed by atoms with Crippen LogP contribution in [0.25, 0.3) is 0 Å². The second kappa shape index (κ2) is 8.30. The zero-order valence-corrected chi connectivity index (χ0v) is 16.3. The SMILES string of the molecule is O=S(=O)(c1cccnc1C#CC(O)(Cc1ccccc1)c1ccccc1)C(F)(F)F. The third-order valence-corrected chi connectivity index (χ3v) is 5.82. The molecule has 0 bridgehead atoms. The summed E-state index contributed by atoms with van der Waals surface area (Å²) in [5.74, 6) is 4.91. The van der Waals surface area contributed by atoms with Gasteiger partial charge in [-0.3, -0.25) is 0 Å². The molecule has 154 valence electrons. The average Bonchev–Trinajstić information content (AvgIpc) is 2.73. The van der Waals surface area contributed by atoms with E-state index in [9.17, 15) is 26.7 Å². The monoisotopic (exact) mass is 431 g/mol. The molecule has 4 nitrogen and oxygen atoms in total. The highest BCUT2D eigenvalue weighted by Crippen LogP contribution is 2.31. The number of pyridine rings is 1. The van der Waals surface area contributed by atoms with Crippen LogP contribution in [-0.4, -0.2) is 24.0 Å². The maximum absolute atomic E-state index is 13.0. The summed E-state index contributed by atoms with van der Waals surface area (Å²) in [5.41, 5.74) is -6.71. The summed E-state index contributed by atoms with van der Waals surface area (Å²) in [5, 5.41) is 11.3. The first-order valence-electron chi connectivity index (χ1n) is 8.75. The van der Waals surface area contributed by atoms with Gasteiger partial charge in [0.25, 0.3) is 9.84 Å². The van der Waals surface area contributed by atoms with E-state index in [0.29, 0.717) is 5.56 Å². The number of halogens is 3. The van der Waals surface area contributed by atoms with Gasteiger partial charge in [-0.1, -0.05) is 66.6 Å². The molecule has 2 aromatic carbocycles. The molecule has 0 fully saturated rings. The molecule has 0 spiro atoms. The third-order valence-electron chi connectivity index (χ3n) is 4.31. The van der Waals surface area contributed by atoms with Crippen LogP contribution in [0.2, 0.25) is 0 Å². The molecule has 8 heteroatoms. The molecule has 0 radical (unpaired) electrons. The predicted octanol–water partition coefficient (Wildman–Crippen LogP) is 3.86. The molecule has 0 aliphatic heterocycles. The van der Waals surface area contributed by atoms with Gasteiger partial charge in [0.2, 0.25) is 0 Å². The van der Waals surface area contributed by atoms with Gasteiger partial charge < -0.3 is 5.11 Å². The quantitative estimate of drug-likeness (QED) is 0.637. The Morgan fingerprint density at radius 1 is 0.900 bits per heavy atom. The zero-order chi connectivity index (χ0) is 21.8. The molecule has 3 aromatic rings. The lowest BCUT2D eigenvalue weighted by Gasteiger charge is -2.23. The van der Waals surface area contributed by atoms with Crippen LogP contribution < -0.4 is 0 Å². The highest BCUT2D eigenvalue weighted by molar-refractivity contribution is 7.92. The summed E-state index contributed by atoms with van der Waals surface area (Å²) in [6.45, 7) is 0. The standard InChI is InChI=1S/C22H16F3NO3S/c23-22(24,25)30(28,29)20-12-7-15-26-19(20)13-14-21(27,18-10-5-2-6-11-18)16-17-8-3-1-4-9-17/h1-12,15,27H,16H2. The fourth-order valence-corrected chi connectivity index (χ4v) is 3.68. The molecular formula is C22H16F3NO3S. The number of aromatic nitrogens is 1. The highest BCUT2D eigenvalue weighted by atomic mass is 32.2. The van der Waals surface area contributed by atoms with Crippen molar-refractivity contribution < 1.29 is 26.7 Å². The van der Waals surface area contributed by atoms with E-state index in [1.807, 2.05) is 0 Å². The van der Waals surface area contributed by atoms with E-state index < -0.39 is 31.5 Å². The van der Waals surface area contributed by atoms with Crippen LogP contribution in [0.5, 0.6) is 0 Å². The Morgan fingerprint density at radius 2 is 1.50 bits per heavy atom. The van der Waals surface area contributed by atoms with Gasteiger partial charge in [0, 0.05) is 12.6 Å². The van der Waals surface area contributed by atoms with Gasteiger partial charge in [0.15, 0.2) is 5.60 Å². The molecule has 1 N–H and O–H groups in total. The Bertz CT molecular complexity index is 1180. The van der Waals surface area contributed by atoms with Gasteiger partial charge in [-0.05, 0) is 29.2 Å². The molecule has 1 aromatic heterocycles. The number of aliphatic hydroxyl groups is 1. The number of sulfone groups is 1. The summed E-state index contributed by atoms with van der Waals surface area (Å²) in [4.78, 5) is 2.64. The summed E-state index contributed by atoms with van der Waals surface area (Å²) < 4.78 is 62.8. The summed E-state index contributed by atoms with van der Waals surface area (Å²) in [6, 6.07) is 19.2. The molecule has 3 rings (SSSR count). The summed E-state index contributed by atoms with van der Waals surface area (Å²) in [7, 11) is -5.64. The van der Waals surface area contributed by atoms with Crippen LogP contribution >= 0.6 is 0 Å². The Hall–Kier alpha value is -3.15. The second-order valence-electron chi connectivity index (χ2n) is 6.44. The number of benzene rings is 2. The maximum atomic E-state index is 13.0. The van der Waals surface area contributed by atoms with Gasteiger partial charge in [0.1, 0.15) is 10.6 Å². The van der Waals surface area contributed by atoms with E-state index in [0.717, 1.165) is 23.9 Å². The average molecular weight is 431 g/mol. The Morgan fingerprint density at radius 3 is 2.10 bits per heavy atom. The van der Waals surface area contributed by atoms with Crippen molar-refractivity contribution in [3.63, 3.8) is 0 Å². The Balaban J connectivity index is 2.11. The van der Waals surface area contributed by atoms with Gasteiger partial charge in [-0.25, -0.2) is 13.4 Å². The minimum absolute atomic E-state index is 0.0407. The molecule has 0 aliphatic rings. The van der Waals surface area contributed by atoms with E-state index in [4.69, 9.17) is 0 Å². The second-order valence-corrected chi connectivity index (χ2v) is 8.35. The molecule has 0 saturated carbocycles. The van der Waals surface area contributed by atoms with E-state index in [2.05, 4.69) is 16.8 Å². The Labute approximate surface area is 172 Å². The maximum Gasteiger partial charge on any atom is 0.502 e. The van der Waals surface area contributed by atoms with Crippen LogP contribution in [0, 0.1) is 11.8 Å². The molecule has 1 atom stereocenters. The molecule has 30 heavy (non-hydrogen) atoms. The van der Waals surface area contributed by atoms with E-state index >= 15 is 0 Å².